The number of aromatic nitrogens is 1. The number of thiazole rings is 1. The summed E-state index contributed by atoms with van der Waals surface area (Å²) in [5.41, 5.74) is 8.34. The third-order valence-corrected chi connectivity index (χ3v) is 4.37. The van der Waals surface area contributed by atoms with Crippen LogP contribution in [-0.2, 0) is 0 Å². The van der Waals surface area contributed by atoms with Crippen molar-refractivity contribution in [3.05, 3.63) is 16.1 Å². The molecule has 0 aliphatic carbocycles. The number of likely N-dealkylation sites (tertiary alicyclic amines) is 1. The number of piperidine rings is 1. The van der Waals surface area contributed by atoms with Gasteiger partial charge in [0, 0.05) is 19.1 Å². The van der Waals surface area contributed by atoms with Crippen LogP contribution in [0.1, 0.15) is 35.1 Å². The van der Waals surface area contributed by atoms with Crippen molar-refractivity contribution in [3.63, 3.8) is 0 Å². The SMILES string of the molecule is Cc1ncsc1C(=O)N1CCC(C)CC1CN. The highest BCUT2D eigenvalue weighted by molar-refractivity contribution is 7.11. The number of rotatable bonds is 2. The van der Waals surface area contributed by atoms with E-state index >= 15 is 0 Å². The van der Waals surface area contributed by atoms with Crippen molar-refractivity contribution >= 4 is 17.2 Å². The molecular formula is C12H19N3OS. The van der Waals surface area contributed by atoms with Crippen LogP contribution in [0.4, 0.5) is 0 Å². The summed E-state index contributed by atoms with van der Waals surface area (Å²) in [6, 6.07) is 0.188. The molecular weight excluding hydrogens is 234 g/mol. The van der Waals surface area contributed by atoms with Gasteiger partial charge in [0.15, 0.2) is 0 Å². The van der Waals surface area contributed by atoms with Gasteiger partial charge in [0.2, 0.25) is 0 Å². The molecule has 1 fully saturated rings. The van der Waals surface area contributed by atoms with Gasteiger partial charge in [0.1, 0.15) is 4.88 Å². The molecule has 0 spiro atoms. The van der Waals surface area contributed by atoms with E-state index in [-0.39, 0.29) is 11.9 Å². The molecule has 17 heavy (non-hydrogen) atoms. The van der Waals surface area contributed by atoms with E-state index in [1.807, 2.05) is 11.8 Å². The van der Waals surface area contributed by atoms with Gasteiger partial charge in [-0.3, -0.25) is 4.79 Å². The minimum Gasteiger partial charge on any atom is -0.334 e. The Bertz CT molecular complexity index is 404. The molecule has 0 radical (unpaired) electrons. The summed E-state index contributed by atoms with van der Waals surface area (Å²) < 4.78 is 0. The molecule has 0 saturated carbocycles. The van der Waals surface area contributed by atoms with Crippen molar-refractivity contribution in [1.82, 2.24) is 9.88 Å². The molecule has 1 aromatic heterocycles. The number of nitrogens with zero attached hydrogens (tertiary/aromatic N) is 2. The number of amides is 1. The molecule has 4 nitrogen and oxygen atoms in total. The molecule has 2 N–H and O–H groups in total. The number of carbonyl (C=O) groups excluding carboxylic acids is 1. The Morgan fingerprint density at radius 1 is 1.71 bits per heavy atom. The van der Waals surface area contributed by atoms with Gasteiger partial charge < -0.3 is 10.6 Å². The normalized spacial score (nSPS) is 25.0. The molecule has 1 aliphatic heterocycles. The van der Waals surface area contributed by atoms with E-state index in [1.54, 1.807) is 5.51 Å². The van der Waals surface area contributed by atoms with Crippen LogP contribution in [-0.4, -0.2) is 34.9 Å². The predicted octanol–water partition coefficient (Wildman–Crippen LogP) is 1.65. The van der Waals surface area contributed by atoms with E-state index in [9.17, 15) is 4.79 Å². The van der Waals surface area contributed by atoms with Crippen LogP contribution in [0.3, 0.4) is 0 Å². The highest BCUT2D eigenvalue weighted by Gasteiger charge is 2.30. The fourth-order valence-corrected chi connectivity index (χ4v) is 3.14. The van der Waals surface area contributed by atoms with Gasteiger partial charge in [-0.1, -0.05) is 6.92 Å². The molecule has 2 atom stereocenters. The maximum Gasteiger partial charge on any atom is 0.266 e. The van der Waals surface area contributed by atoms with Gasteiger partial charge in [-0.25, -0.2) is 4.98 Å². The monoisotopic (exact) mass is 253 g/mol. The second-order valence-electron chi connectivity index (χ2n) is 4.78. The minimum absolute atomic E-state index is 0.104. The molecule has 0 aromatic carbocycles. The second kappa shape index (κ2) is 5.14. The molecule has 1 amide bonds. The van der Waals surface area contributed by atoms with E-state index in [4.69, 9.17) is 5.73 Å². The van der Waals surface area contributed by atoms with E-state index in [2.05, 4.69) is 11.9 Å². The topological polar surface area (TPSA) is 59.2 Å². The van der Waals surface area contributed by atoms with Crippen molar-refractivity contribution < 1.29 is 4.79 Å². The highest BCUT2D eigenvalue weighted by Crippen LogP contribution is 2.25. The van der Waals surface area contributed by atoms with Gasteiger partial charge in [-0.2, -0.15) is 0 Å². The summed E-state index contributed by atoms with van der Waals surface area (Å²) in [4.78, 5) is 19.2. The largest absolute Gasteiger partial charge is 0.334 e. The Labute approximate surface area is 106 Å². The van der Waals surface area contributed by atoms with Crippen LogP contribution < -0.4 is 5.73 Å². The van der Waals surface area contributed by atoms with Gasteiger partial charge in [-0.15, -0.1) is 11.3 Å². The van der Waals surface area contributed by atoms with Crippen LogP contribution in [0.25, 0.3) is 0 Å². The lowest BCUT2D eigenvalue weighted by atomic mass is 9.92. The Morgan fingerprint density at radius 3 is 3.06 bits per heavy atom. The molecule has 1 saturated heterocycles. The zero-order valence-corrected chi connectivity index (χ0v) is 11.2. The van der Waals surface area contributed by atoms with Crippen LogP contribution in [0.2, 0.25) is 0 Å². The van der Waals surface area contributed by atoms with E-state index < -0.39 is 0 Å². The number of hydrogen-bond donors (Lipinski definition) is 1. The molecule has 2 rings (SSSR count). The zero-order valence-electron chi connectivity index (χ0n) is 10.3. The van der Waals surface area contributed by atoms with Crippen molar-refractivity contribution in [2.24, 2.45) is 11.7 Å². The summed E-state index contributed by atoms with van der Waals surface area (Å²) in [7, 11) is 0. The van der Waals surface area contributed by atoms with Crippen molar-refractivity contribution in [2.75, 3.05) is 13.1 Å². The van der Waals surface area contributed by atoms with Gasteiger partial charge in [0.05, 0.1) is 11.2 Å². The standard InChI is InChI=1S/C12H19N3OS/c1-8-3-4-15(10(5-8)6-13)12(16)11-9(2)14-7-17-11/h7-8,10H,3-6,13H2,1-2H3. The lowest BCUT2D eigenvalue weighted by Gasteiger charge is -2.37. The van der Waals surface area contributed by atoms with Crippen LogP contribution in [0.5, 0.6) is 0 Å². The zero-order chi connectivity index (χ0) is 12.4. The second-order valence-corrected chi connectivity index (χ2v) is 5.64. The Morgan fingerprint density at radius 2 is 2.47 bits per heavy atom. The number of aryl methyl sites for hydroxylation is 1. The number of carbonyl (C=O) groups is 1. The van der Waals surface area contributed by atoms with E-state index in [0.717, 1.165) is 30.0 Å². The van der Waals surface area contributed by atoms with E-state index in [1.165, 1.54) is 11.3 Å². The molecule has 2 unspecified atom stereocenters. The predicted molar refractivity (Wildman–Crippen MR) is 69.1 cm³/mol. The van der Waals surface area contributed by atoms with Crippen molar-refractivity contribution in [3.8, 4) is 0 Å². The summed E-state index contributed by atoms with van der Waals surface area (Å²) >= 11 is 1.42. The minimum atomic E-state index is 0.104. The summed E-state index contributed by atoms with van der Waals surface area (Å²) in [5, 5.41) is 0. The molecule has 0 bridgehead atoms. The van der Waals surface area contributed by atoms with Crippen molar-refractivity contribution in [1.29, 1.82) is 0 Å². The molecule has 1 aromatic rings. The molecule has 94 valence electrons. The third-order valence-electron chi connectivity index (χ3n) is 3.45. The molecule has 1 aliphatic rings. The Kier molecular flexibility index (Phi) is 3.79. The maximum absolute atomic E-state index is 12.4. The summed E-state index contributed by atoms with van der Waals surface area (Å²) in [6.45, 7) is 5.48. The van der Waals surface area contributed by atoms with Crippen LogP contribution in [0.15, 0.2) is 5.51 Å². The Hall–Kier alpha value is -0.940. The maximum atomic E-state index is 12.4. The quantitative estimate of drug-likeness (QED) is 0.872. The first-order chi connectivity index (χ1) is 8.13. The van der Waals surface area contributed by atoms with Crippen LogP contribution in [0, 0.1) is 12.8 Å². The third kappa shape index (κ3) is 2.50. The Balaban J connectivity index is 2.16. The van der Waals surface area contributed by atoms with Gasteiger partial charge >= 0.3 is 0 Å². The fraction of sp³-hybridized carbons (Fsp3) is 0.667. The van der Waals surface area contributed by atoms with Gasteiger partial charge in [-0.05, 0) is 25.7 Å². The van der Waals surface area contributed by atoms with Crippen molar-refractivity contribution in [2.45, 2.75) is 32.7 Å². The molecule has 2 heterocycles. The fourth-order valence-electron chi connectivity index (χ4n) is 2.38. The summed E-state index contributed by atoms with van der Waals surface area (Å²) in [6.07, 6.45) is 2.08. The number of nitrogens with two attached hydrogens (primary N) is 1. The first-order valence-electron chi connectivity index (χ1n) is 6.04. The average molecular weight is 253 g/mol. The lowest BCUT2D eigenvalue weighted by Crippen LogP contribution is -2.49. The lowest BCUT2D eigenvalue weighted by molar-refractivity contribution is 0.0577. The number of hydrogen-bond acceptors (Lipinski definition) is 4. The molecule has 5 heteroatoms. The summed E-state index contributed by atoms with van der Waals surface area (Å²) in [5.74, 6) is 0.766. The first-order valence-corrected chi connectivity index (χ1v) is 6.92. The smallest absolute Gasteiger partial charge is 0.266 e. The first kappa shape index (κ1) is 12.5. The van der Waals surface area contributed by atoms with Crippen LogP contribution >= 0.6 is 11.3 Å². The highest BCUT2D eigenvalue weighted by atomic mass is 32.1. The van der Waals surface area contributed by atoms with Gasteiger partial charge in [0.25, 0.3) is 5.91 Å². The average Bonchev–Trinajstić information content (AvgIpc) is 2.74. The van der Waals surface area contributed by atoms with E-state index in [0.29, 0.717) is 12.5 Å².